The molecule has 0 radical (unpaired) electrons. The second-order valence-corrected chi connectivity index (χ2v) is 8.81. The number of rotatable bonds is 7. The average molecular weight is 567 g/mol. The van der Waals surface area contributed by atoms with Crippen LogP contribution in [0.1, 0.15) is 5.56 Å². The van der Waals surface area contributed by atoms with E-state index in [0.717, 1.165) is 18.2 Å². The number of nitrogens with one attached hydrogen (secondary N) is 1. The van der Waals surface area contributed by atoms with Crippen LogP contribution in [0.5, 0.6) is 23.0 Å². The number of methoxy groups -OCH3 is 2. The van der Waals surface area contributed by atoms with Crippen LogP contribution < -0.4 is 25.1 Å². The van der Waals surface area contributed by atoms with E-state index in [1.807, 2.05) is 0 Å². The Bertz CT molecular complexity index is 1800. The number of alkyl halides is 3. The van der Waals surface area contributed by atoms with Gasteiger partial charge in [-0.1, -0.05) is 6.07 Å². The maximum atomic E-state index is 15.2. The lowest BCUT2D eigenvalue weighted by atomic mass is 10.1. The van der Waals surface area contributed by atoms with Crippen molar-refractivity contribution in [3.63, 3.8) is 0 Å². The van der Waals surface area contributed by atoms with Gasteiger partial charge in [0.15, 0.2) is 23.1 Å². The molecule has 0 fully saturated rings. The number of anilines is 2. The Hall–Kier alpha value is -5.13. The van der Waals surface area contributed by atoms with E-state index < -0.39 is 23.1 Å². The number of hydrogen-bond donors (Lipinski definition) is 1. The molecule has 41 heavy (non-hydrogen) atoms. The minimum atomic E-state index is -4.46. The van der Waals surface area contributed by atoms with E-state index in [9.17, 15) is 18.0 Å². The molecule has 0 bridgehead atoms. The van der Waals surface area contributed by atoms with Crippen LogP contribution >= 0.6 is 0 Å². The Labute approximate surface area is 230 Å². The molecule has 0 aliphatic carbocycles. The molecule has 0 unspecified atom stereocenters. The fourth-order valence-electron chi connectivity index (χ4n) is 4.20. The van der Waals surface area contributed by atoms with Gasteiger partial charge in [-0.05, 0) is 60.2 Å². The average Bonchev–Trinajstić information content (AvgIpc) is 2.96. The fourth-order valence-corrected chi connectivity index (χ4v) is 4.20. The molecule has 0 saturated carbocycles. The zero-order chi connectivity index (χ0) is 29.3. The van der Waals surface area contributed by atoms with Crippen molar-refractivity contribution >= 4 is 22.5 Å². The van der Waals surface area contributed by atoms with Crippen molar-refractivity contribution in [1.82, 2.24) is 14.5 Å². The monoisotopic (exact) mass is 566 g/mol. The molecular weight excluding hydrogens is 544 g/mol. The third-order valence-corrected chi connectivity index (χ3v) is 6.31. The smallest absolute Gasteiger partial charge is 0.416 e. The molecule has 0 spiro atoms. The first-order valence-electron chi connectivity index (χ1n) is 12.1. The van der Waals surface area contributed by atoms with Gasteiger partial charge in [-0.15, -0.1) is 0 Å². The summed E-state index contributed by atoms with van der Waals surface area (Å²) in [6.45, 7) is 0. The first-order valence-corrected chi connectivity index (χ1v) is 12.1. The van der Waals surface area contributed by atoms with Crippen molar-refractivity contribution < 1.29 is 31.8 Å². The van der Waals surface area contributed by atoms with E-state index in [4.69, 9.17) is 14.2 Å². The molecule has 3 aromatic carbocycles. The first-order chi connectivity index (χ1) is 19.6. The molecule has 1 N–H and O–H groups in total. The van der Waals surface area contributed by atoms with Gasteiger partial charge in [-0.2, -0.15) is 13.2 Å². The predicted molar refractivity (Wildman–Crippen MR) is 145 cm³/mol. The summed E-state index contributed by atoms with van der Waals surface area (Å²) in [6, 6.07) is 13.4. The van der Waals surface area contributed by atoms with Crippen LogP contribution in [0.3, 0.4) is 0 Å². The minimum Gasteiger partial charge on any atom is -0.493 e. The van der Waals surface area contributed by atoms with Gasteiger partial charge in [-0.3, -0.25) is 14.3 Å². The van der Waals surface area contributed by atoms with Crippen molar-refractivity contribution in [3.8, 4) is 34.1 Å². The highest BCUT2D eigenvalue weighted by molar-refractivity contribution is 5.92. The van der Waals surface area contributed by atoms with Crippen LogP contribution in [0.4, 0.5) is 29.2 Å². The van der Waals surface area contributed by atoms with Crippen LogP contribution in [0.15, 0.2) is 77.9 Å². The highest BCUT2D eigenvalue weighted by atomic mass is 19.4. The van der Waals surface area contributed by atoms with Gasteiger partial charge in [0, 0.05) is 30.5 Å². The number of pyridine rings is 1. The van der Waals surface area contributed by atoms with E-state index in [1.165, 1.54) is 62.5 Å². The third kappa shape index (κ3) is 5.36. The Balaban J connectivity index is 1.40. The van der Waals surface area contributed by atoms with Gasteiger partial charge in [0.2, 0.25) is 5.95 Å². The number of nitrogens with zero attached hydrogens (tertiary/aromatic N) is 3. The zero-order valence-corrected chi connectivity index (χ0v) is 21.9. The summed E-state index contributed by atoms with van der Waals surface area (Å²) in [5.41, 5.74) is -0.144. The number of benzene rings is 3. The quantitative estimate of drug-likeness (QED) is 0.219. The highest BCUT2D eigenvalue weighted by Crippen LogP contribution is 2.39. The number of aromatic nitrogens is 3. The van der Waals surface area contributed by atoms with E-state index >= 15 is 4.39 Å². The molecule has 0 amide bonds. The lowest BCUT2D eigenvalue weighted by molar-refractivity contribution is -0.137. The van der Waals surface area contributed by atoms with Gasteiger partial charge in [0.1, 0.15) is 11.3 Å². The molecule has 0 atom stereocenters. The first kappa shape index (κ1) is 27.4. The zero-order valence-electron chi connectivity index (χ0n) is 21.9. The summed E-state index contributed by atoms with van der Waals surface area (Å²) in [6.07, 6.45) is -1.70. The topological polar surface area (TPSA) is 87.5 Å². The van der Waals surface area contributed by atoms with E-state index in [-0.39, 0.29) is 22.8 Å². The number of fused-ring (bicyclic) bond motifs is 1. The van der Waals surface area contributed by atoms with Crippen molar-refractivity contribution in [2.45, 2.75) is 6.18 Å². The molecule has 2 aromatic heterocycles. The fraction of sp³-hybridized carbons (Fsp3) is 0.138. The van der Waals surface area contributed by atoms with Crippen LogP contribution in [-0.2, 0) is 13.2 Å². The van der Waals surface area contributed by atoms with Gasteiger partial charge in [0.05, 0.1) is 25.3 Å². The molecular formula is C29H22F4N4O4. The third-order valence-electron chi connectivity index (χ3n) is 6.31. The van der Waals surface area contributed by atoms with Crippen LogP contribution in [0.2, 0.25) is 0 Å². The van der Waals surface area contributed by atoms with Gasteiger partial charge >= 0.3 is 6.18 Å². The normalized spacial score (nSPS) is 11.4. The molecule has 0 aliphatic rings. The lowest BCUT2D eigenvalue weighted by Gasteiger charge is -2.14. The van der Waals surface area contributed by atoms with E-state index in [2.05, 4.69) is 15.3 Å². The standard InChI is InChI=1S/C29H22F4N4O4/c1-37-27(38)20(15-35-28(37)36-18-7-5-17(6-8-18)29(31,32)33)16-4-10-23(21(30)14-16)41-22-12-13-34-25-19(22)9-11-24(39-2)26(25)40-3/h4-15H,1-3H3,(H,35,36). The molecule has 210 valence electrons. The van der Waals surface area contributed by atoms with Crippen LogP contribution in [-0.4, -0.2) is 28.8 Å². The highest BCUT2D eigenvalue weighted by Gasteiger charge is 2.30. The Morgan fingerprint density at radius 1 is 0.878 bits per heavy atom. The molecule has 2 heterocycles. The molecule has 0 saturated heterocycles. The van der Waals surface area contributed by atoms with Gasteiger partial charge in [0.25, 0.3) is 5.56 Å². The van der Waals surface area contributed by atoms with Crippen molar-refractivity contribution in [1.29, 1.82) is 0 Å². The maximum absolute atomic E-state index is 15.2. The molecule has 0 aliphatic heterocycles. The van der Waals surface area contributed by atoms with Crippen LogP contribution in [0, 0.1) is 5.82 Å². The SMILES string of the molecule is COc1ccc2c(Oc3ccc(-c4cnc(Nc5ccc(C(F)(F)F)cc5)n(C)c4=O)cc3F)ccnc2c1OC. The van der Waals surface area contributed by atoms with Crippen molar-refractivity contribution in [3.05, 3.63) is 94.8 Å². The summed E-state index contributed by atoms with van der Waals surface area (Å²) in [4.78, 5) is 21.6. The molecule has 8 nitrogen and oxygen atoms in total. The minimum absolute atomic E-state index is 0.0820. The molecule has 5 aromatic rings. The summed E-state index contributed by atoms with van der Waals surface area (Å²) in [5, 5.41) is 3.39. The summed E-state index contributed by atoms with van der Waals surface area (Å²) in [5.74, 6) is 0.514. The summed E-state index contributed by atoms with van der Waals surface area (Å²) >= 11 is 0. The molecule has 12 heteroatoms. The largest absolute Gasteiger partial charge is 0.493 e. The van der Waals surface area contributed by atoms with Gasteiger partial charge in [-0.25, -0.2) is 9.37 Å². The second-order valence-electron chi connectivity index (χ2n) is 8.81. The molecule has 5 rings (SSSR count). The Morgan fingerprint density at radius 3 is 2.27 bits per heavy atom. The maximum Gasteiger partial charge on any atom is 0.416 e. The van der Waals surface area contributed by atoms with Crippen molar-refractivity contribution in [2.24, 2.45) is 7.05 Å². The van der Waals surface area contributed by atoms with E-state index in [1.54, 1.807) is 18.2 Å². The summed E-state index contributed by atoms with van der Waals surface area (Å²) < 4.78 is 71.4. The Morgan fingerprint density at radius 2 is 1.61 bits per heavy atom. The Kier molecular flexibility index (Phi) is 7.22. The van der Waals surface area contributed by atoms with Crippen molar-refractivity contribution in [2.75, 3.05) is 19.5 Å². The number of hydrogen-bond acceptors (Lipinski definition) is 7. The number of halogens is 4. The lowest BCUT2D eigenvalue weighted by Crippen LogP contribution is -2.22. The van der Waals surface area contributed by atoms with Gasteiger partial charge < -0.3 is 19.5 Å². The van der Waals surface area contributed by atoms with E-state index in [0.29, 0.717) is 33.8 Å². The second kappa shape index (κ2) is 10.8. The summed E-state index contributed by atoms with van der Waals surface area (Å²) in [7, 11) is 4.44. The number of ether oxygens (including phenoxy) is 3. The predicted octanol–water partition coefficient (Wildman–Crippen LogP) is 6.71. The van der Waals surface area contributed by atoms with Crippen LogP contribution in [0.25, 0.3) is 22.0 Å².